The standard InChI is InChI=1S/C29H30N6O/c1-3-20-9-6-10-21(16-20)31-29(36)34-15-13-25-24(18-34)27(22-11-5-4-8-19(22)2)33-28(32-25)23-17-30-35-14-7-12-26(23)35/h4-6,8-11,16-17H,3,7,12-15,18H2,1-2H3,(H,31,36). The van der Waals surface area contributed by atoms with Crippen molar-refractivity contribution in [1.82, 2.24) is 24.6 Å². The number of carbonyl (C=O) groups is 1. The molecule has 6 rings (SSSR count). The molecule has 0 spiro atoms. The van der Waals surface area contributed by atoms with Crippen LogP contribution in [-0.4, -0.2) is 37.2 Å². The zero-order chi connectivity index (χ0) is 24.6. The number of aromatic nitrogens is 4. The van der Waals surface area contributed by atoms with Gasteiger partial charge in [-0.2, -0.15) is 5.10 Å². The molecule has 2 aromatic carbocycles. The highest BCUT2D eigenvalue weighted by molar-refractivity contribution is 5.89. The van der Waals surface area contributed by atoms with Crippen LogP contribution in [0.2, 0.25) is 0 Å². The number of nitrogens with one attached hydrogen (secondary N) is 1. The summed E-state index contributed by atoms with van der Waals surface area (Å²) in [4.78, 5) is 25.2. The number of rotatable bonds is 4. The van der Waals surface area contributed by atoms with Crippen LogP contribution < -0.4 is 5.32 Å². The lowest BCUT2D eigenvalue weighted by atomic mass is 9.96. The van der Waals surface area contributed by atoms with Gasteiger partial charge in [0, 0.05) is 42.0 Å². The molecule has 7 heteroatoms. The maximum atomic E-state index is 13.2. The van der Waals surface area contributed by atoms with Gasteiger partial charge in [0.2, 0.25) is 0 Å². The van der Waals surface area contributed by atoms with E-state index in [4.69, 9.17) is 9.97 Å². The van der Waals surface area contributed by atoms with Crippen LogP contribution in [0.25, 0.3) is 22.6 Å². The van der Waals surface area contributed by atoms with Crippen molar-refractivity contribution in [2.75, 3.05) is 11.9 Å². The Morgan fingerprint density at radius 1 is 1.03 bits per heavy atom. The van der Waals surface area contributed by atoms with Gasteiger partial charge in [0.05, 0.1) is 29.7 Å². The first-order valence-electron chi connectivity index (χ1n) is 12.8. The molecule has 182 valence electrons. The molecule has 0 unspecified atom stereocenters. The highest BCUT2D eigenvalue weighted by Gasteiger charge is 2.28. The molecule has 0 bridgehead atoms. The van der Waals surface area contributed by atoms with Crippen molar-refractivity contribution in [3.05, 3.63) is 82.8 Å². The molecule has 2 amide bonds. The fourth-order valence-corrected chi connectivity index (χ4v) is 5.29. The molecule has 36 heavy (non-hydrogen) atoms. The van der Waals surface area contributed by atoms with Crippen LogP contribution in [0.15, 0.2) is 54.7 Å². The lowest BCUT2D eigenvalue weighted by Gasteiger charge is -2.30. The van der Waals surface area contributed by atoms with E-state index in [9.17, 15) is 4.79 Å². The number of anilines is 1. The number of amides is 2. The molecule has 0 aliphatic carbocycles. The number of carbonyl (C=O) groups excluding carboxylic acids is 1. The minimum absolute atomic E-state index is 0.0943. The Kier molecular flexibility index (Phi) is 5.76. The molecule has 4 aromatic rings. The average molecular weight is 479 g/mol. The first-order valence-corrected chi connectivity index (χ1v) is 12.8. The van der Waals surface area contributed by atoms with E-state index in [0.717, 1.165) is 71.0 Å². The van der Waals surface area contributed by atoms with Crippen molar-refractivity contribution in [1.29, 1.82) is 0 Å². The molecule has 7 nitrogen and oxygen atoms in total. The van der Waals surface area contributed by atoms with Crippen LogP contribution >= 0.6 is 0 Å². The number of hydrogen-bond donors (Lipinski definition) is 1. The van der Waals surface area contributed by atoms with Gasteiger partial charge >= 0.3 is 6.03 Å². The summed E-state index contributed by atoms with van der Waals surface area (Å²) in [5.74, 6) is 0.740. The predicted octanol–water partition coefficient (Wildman–Crippen LogP) is 5.41. The first-order chi connectivity index (χ1) is 17.6. The zero-order valence-corrected chi connectivity index (χ0v) is 20.8. The van der Waals surface area contributed by atoms with Gasteiger partial charge in [-0.3, -0.25) is 4.68 Å². The van der Waals surface area contributed by atoms with E-state index in [1.165, 1.54) is 11.3 Å². The molecule has 0 saturated heterocycles. The van der Waals surface area contributed by atoms with Gasteiger partial charge in [0.15, 0.2) is 5.82 Å². The van der Waals surface area contributed by atoms with Gasteiger partial charge < -0.3 is 10.2 Å². The van der Waals surface area contributed by atoms with Crippen LogP contribution in [0.5, 0.6) is 0 Å². The zero-order valence-electron chi connectivity index (χ0n) is 20.8. The fourth-order valence-electron chi connectivity index (χ4n) is 5.29. The summed E-state index contributed by atoms with van der Waals surface area (Å²) in [6.45, 7) is 6.26. The van der Waals surface area contributed by atoms with Crippen LogP contribution in [0.1, 0.15) is 41.4 Å². The molecular formula is C29H30N6O. The monoisotopic (exact) mass is 478 g/mol. The lowest BCUT2D eigenvalue weighted by Crippen LogP contribution is -2.39. The van der Waals surface area contributed by atoms with Gasteiger partial charge in [-0.15, -0.1) is 0 Å². The van der Waals surface area contributed by atoms with E-state index in [1.54, 1.807) is 0 Å². The molecule has 2 aliphatic heterocycles. The number of urea groups is 1. The summed E-state index contributed by atoms with van der Waals surface area (Å²) in [5.41, 5.74) is 9.47. The Morgan fingerprint density at radius 3 is 2.78 bits per heavy atom. The summed E-state index contributed by atoms with van der Waals surface area (Å²) in [7, 11) is 0. The second-order valence-electron chi connectivity index (χ2n) is 9.62. The summed E-state index contributed by atoms with van der Waals surface area (Å²) < 4.78 is 2.07. The summed E-state index contributed by atoms with van der Waals surface area (Å²) in [6.07, 6.45) is 5.64. The fraction of sp³-hybridized carbons (Fsp3) is 0.310. The maximum absolute atomic E-state index is 13.2. The molecule has 0 radical (unpaired) electrons. The molecule has 1 N–H and O–H groups in total. The van der Waals surface area contributed by atoms with E-state index in [2.05, 4.69) is 47.1 Å². The van der Waals surface area contributed by atoms with E-state index in [-0.39, 0.29) is 6.03 Å². The molecule has 4 heterocycles. The highest BCUT2D eigenvalue weighted by atomic mass is 16.2. The Labute approximate surface area is 211 Å². The van der Waals surface area contributed by atoms with Crippen molar-refractivity contribution in [3.8, 4) is 22.6 Å². The lowest BCUT2D eigenvalue weighted by molar-refractivity contribution is 0.206. The van der Waals surface area contributed by atoms with Gasteiger partial charge in [0.1, 0.15) is 0 Å². The van der Waals surface area contributed by atoms with Crippen molar-refractivity contribution in [2.24, 2.45) is 0 Å². The smallest absolute Gasteiger partial charge is 0.320 e. The second-order valence-corrected chi connectivity index (χ2v) is 9.62. The number of benzene rings is 2. The van der Waals surface area contributed by atoms with Crippen LogP contribution in [-0.2, 0) is 32.4 Å². The van der Waals surface area contributed by atoms with Crippen molar-refractivity contribution >= 4 is 11.7 Å². The number of fused-ring (bicyclic) bond motifs is 2. The molecule has 2 aliphatic rings. The number of nitrogens with zero attached hydrogens (tertiary/aromatic N) is 5. The first kappa shape index (κ1) is 22.5. The third-order valence-electron chi connectivity index (χ3n) is 7.31. The Bertz CT molecular complexity index is 1460. The normalized spacial score (nSPS) is 14.4. The number of hydrogen-bond acceptors (Lipinski definition) is 4. The van der Waals surface area contributed by atoms with Crippen LogP contribution in [0.4, 0.5) is 10.5 Å². The maximum Gasteiger partial charge on any atom is 0.322 e. The summed E-state index contributed by atoms with van der Waals surface area (Å²) in [5, 5.41) is 7.65. The quantitative estimate of drug-likeness (QED) is 0.425. The largest absolute Gasteiger partial charge is 0.322 e. The molecule has 2 aromatic heterocycles. The average Bonchev–Trinajstić information content (AvgIpc) is 3.53. The van der Waals surface area contributed by atoms with Crippen LogP contribution in [0.3, 0.4) is 0 Å². The van der Waals surface area contributed by atoms with E-state index in [1.807, 2.05) is 41.4 Å². The van der Waals surface area contributed by atoms with Gasteiger partial charge in [-0.1, -0.05) is 43.3 Å². The van der Waals surface area contributed by atoms with Crippen LogP contribution in [0, 0.1) is 6.92 Å². The Balaban J connectivity index is 1.37. The van der Waals surface area contributed by atoms with Crippen molar-refractivity contribution < 1.29 is 4.79 Å². The van der Waals surface area contributed by atoms with Gasteiger partial charge in [0.25, 0.3) is 0 Å². The van der Waals surface area contributed by atoms with Crippen molar-refractivity contribution in [3.63, 3.8) is 0 Å². The Hall–Kier alpha value is -4.00. The van der Waals surface area contributed by atoms with Crippen molar-refractivity contribution in [2.45, 2.75) is 52.6 Å². The molecular weight excluding hydrogens is 448 g/mol. The Morgan fingerprint density at radius 2 is 1.92 bits per heavy atom. The minimum atomic E-state index is -0.0943. The third kappa shape index (κ3) is 4.04. The van der Waals surface area contributed by atoms with E-state index < -0.39 is 0 Å². The predicted molar refractivity (Wildman–Crippen MR) is 141 cm³/mol. The summed E-state index contributed by atoms with van der Waals surface area (Å²) in [6, 6.07) is 16.2. The number of aryl methyl sites for hydroxylation is 3. The molecule has 0 saturated carbocycles. The topological polar surface area (TPSA) is 75.9 Å². The summed E-state index contributed by atoms with van der Waals surface area (Å²) >= 11 is 0. The van der Waals surface area contributed by atoms with E-state index in [0.29, 0.717) is 19.5 Å². The minimum Gasteiger partial charge on any atom is -0.320 e. The molecule has 0 fully saturated rings. The molecule has 0 atom stereocenters. The van der Waals surface area contributed by atoms with E-state index >= 15 is 0 Å². The highest BCUT2D eigenvalue weighted by Crippen LogP contribution is 2.34. The van der Waals surface area contributed by atoms with Gasteiger partial charge in [-0.05, 0) is 49.4 Å². The SMILES string of the molecule is CCc1cccc(NC(=O)N2CCc3nc(-c4cnn5c4CCC5)nc(-c4ccccc4C)c3C2)c1. The van der Waals surface area contributed by atoms with Gasteiger partial charge in [-0.25, -0.2) is 14.8 Å². The second kappa shape index (κ2) is 9.22. The third-order valence-corrected chi connectivity index (χ3v) is 7.31.